The van der Waals surface area contributed by atoms with Crippen molar-refractivity contribution in [1.82, 2.24) is 9.97 Å². The molecule has 0 saturated carbocycles. The smallest absolute Gasteiger partial charge is 0.134 e. The van der Waals surface area contributed by atoms with E-state index in [1.165, 1.54) is 12.4 Å². The Kier molecular flexibility index (Phi) is 1.28. The molecule has 1 heterocycles. The minimum absolute atomic E-state index is 0.330. The van der Waals surface area contributed by atoms with Gasteiger partial charge in [-0.2, -0.15) is 0 Å². The van der Waals surface area contributed by atoms with E-state index in [0.29, 0.717) is 10.9 Å². The van der Waals surface area contributed by atoms with Crippen molar-refractivity contribution < 1.29 is 4.39 Å². The number of halogens is 1. The van der Waals surface area contributed by atoms with Crippen molar-refractivity contribution in [2.24, 2.45) is 0 Å². The molecule has 3 heteroatoms. The normalized spacial score (nSPS) is 10.3. The van der Waals surface area contributed by atoms with Gasteiger partial charge in [-0.25, -0.2) is 14.4 Å². The van der Waals surface area contributed by atoms with Crippen molar-refractivity contribution in [3.63, 3.8) is 0 Å². The molecule has 0 spiro atoms. The van der Waals surface area contributed by atoms with Crippen molar-refractivity contribution in [3.8, 4) is 0 Å². The molecule has 0 aliphatic rings. The van der Waals surface area contributed by atoms with Crippen LogP contribution in [-0.2, 0) is 0 Å². The SMILES string of the molecule is Fc1cccc2ncn[c]c12. The third-order valence-electron chi connectivity index (χ3n) is 1.42. The second-order valence-corrected chi connectivity index (χ2v) is 2.12. The molecule has 0 bridgehead atoms. The maximum Gasteiger partial charge on any atom is 0.134 e. The summed E-state index contributed by atoms with van der Waals surface area (Å²) in [7, 11) is 0. The average Bonchev–Trinajstić information content (AvgIpc) is 2.06. The zero-order valence-electron chi connectivity index (χ0n) is 5.58. The topological polar surface area (TPSA) is 25.8 Å². The predicted octanol–water partition coefficient (Wildman–Crippen LogP) is 1.57. The van der Waals surface area contributed by atoms with Gasteiger partial charge in [-0.15, -0.1) is 0 Å². The van der Waals surface area contributed by atoms with E-state index in [2.05, 4.69) is 16.2 Å². The van der Waals surface area contributed by atoms with Gasteiger partial charge in [0.05, 0.1) is 10.9 Å². The highest BCUT2D eigenvalue weighted by Crippen LogP contribution is 2.11. The Morgan fingerprint density at radius 2 is 2.27 bits per heavy atom. The van der Waals surface area contributed by atoms with Crippen LogP contribution in [0.5, 0.6) is 0 Å². The van der Waals surface area contributed by atoms with Crippen LogP contribution in [0.1, 0.15) is 0 Å². The molecule has 2 aromatic rings. The van der Waals surface area contributed by atoms with Gasteiger partial charge < -0.3 is 0 Å². The highest BCUT2D eigenvalue weighted by atomic mass is 19.1. The van der Waals surface area contributed by atoms with Crippen molar-refractivity contribution in [2.75, 3.05) is 0 Å². The molecule has 0 fully saturated rings. The lowest BCUT2D eigenvalue weighted by molar-refractivity contribution is 0.639. The van der Waals surface area contributed by atoms with Gasteiger partial charge in [-0.3, -0.25) is 0 Å². The van der Waals surface area contributed by atoms with Crippen LogP contribution < -0.4 is 0 Å². The Balaban J connectivity index is 2.91. The first-order chi connectivity index (χ1) is 5.38. The van der Waals surface area contributed by atoms with Crippen LogP contribution in [0.15, 0.2) is 24.5 Å². The molecule has 0 N–H and O–H groups in total. The van der Waals surface area contributed by atoms with E-state index in [0.717, 1.165) is 0 Å². The first-order valence-corrected chi connectivity index (χ1v) is 3.15. The predicted molar refractivity (Wildman–Crippen MR) is 38.3 cm³/mol. The Morgan fingerprint density at radius 1 is 1.36 bits per heavy atom. The number of rotatable bonds is 0. The number of fused-ring (bicyclic) bond motifs is 1. The second kappa shape index (κ2) is 2.27. The summed E-state index contributed by atoms with van der Waals surface area (Å²) in [5.41, 5.74) is 0.583. The molecular weight excluding hydrogens is 143 g/mol. The zero-order valence-corrected chi connectivity index (χ0v) is 5.58. The number of benzene rings is 1. The fourth-order valence-corrected chi connectivity index (χ4v) is 0.916. The van der Waals surface area contributed by atoms with E-state index >= 15 is 0 Å². The molecule has 0 saturated heterocycles. The largest absolute Gasteiger partial charge is 0.236 e. The van der Waals surface area contributed by atoms with Gasteiger partial charge in [0.15, 0.2) is 0 Å². The lowest BCUT2D eigenvalue weighted by Crippen LogP contribution is -1.83. The van der Waals surface area contributed by atoms with Crippen LogP contribution in [0, 0.1) is 12.0 Å². The van der Waals surface area contributed by atoms with Crippen molar-refractivity contribution >= 4 is 10.9 Å². The fraction of sp³-hybridized carbons (Fsp3) is 0. The summed E-state index contributed by atoms with van der Waals surface area (Å²) in [5, 5.41) is 0.343. The highest BCUT2D eigenvalue weighted by Gasteiger charge is 1.98. The lowest BCUT2D eigenvalue weighted by atomic mass is 10.2. The molecule has 1 radical (unpaired) electrons. The summed E-state index contributed by atoms with van der Waals surface area (Å²) in [4.78, 5) is 7.46. The van der Waals surface area contributed by atoms with E-state index in [4.69, 9.17) is 0 Å². The van der Waals surface area contributed by atoms with E-state index < -0.39 is 0 Å². The molecule has 1 aromatic heterocycles. The van der Waals surface area contributed by atoms with Crippen LogP contribution in [0.2, 0.25) is 0 Å². The summed E-state index contributed by atoms with van der Waals surface area (Å²) >= 11 is 0. The Hall–Kier alpha value is -1.51. The van der Waals surface area contributed by atoms with Gasteiger partial charge in [0.25, 0.3) is 0 Å². The quantitative estimate of drug-likeness (QED) is 0.565. The third-order valence-corrected chi connectivity index (χ3v) is 1.42. The molecule has 53 valence electrons. The van der Waals surface area contributed by atoms with Gasteiger partial charge in [-0.1, -0.05) is 6.07 Å². The maximum atomic E-state index is 12.9. The number of nitrogens with zero attached hydrogens (tertiary/aromatic N) is 2. The van der Waals surface area contributed by atoms with E-state index in [-0.39, 0.29) is 5.82 Å². The van der Waals surface area contributed by atoms with Crippen LogP contribution in [-0.4, -0.2) is 9.97 Å². The lowest BCUT2D eigenvalue weighted by Gasteiger charge is -1.93. The van der Waals surface area contributed by atoms with Gasteiger partial charge >= 0.3 is 0 Å². The van der Waals surface area contributed by atoms with E-state index in [1.807, 2.05) is 0 Å². The standard InChI is InChI=1S/C8H4FN2/c9-7-2-1-3-8-6(7)4-10-5-11-8/h1-3,5H. The Bertz CT molecular complexity index is 381. The summed E-state index contributed by atoms with van der Waals surface area (Å²) in [6.07, 6.45) is 3.88. The number of aromatic nitrogens is 2. The van der Waals surface area contributed by atoms with Crippen LogP contribution in [0.3, 0.4) is 0 Å². The molecule has 0 atom stereocenters. The van der Waals surface area contributed by atoms with Crippen molar-refractivity contribution in [1.29, 1.82) is 0 Å². The fourth-order valence-electron chi connectivity index (χ4n) is 0.916. The molecule has 1 aromatic carbocycles. The monoisotopic (exact) mass is 147 g/mol. The van der Waals surface area contributed by atoms with Crippen molar-refractivity contribution in [2.45, 2.75) is 0 Å². The van der Waals surface area contributed by atoms with Crippen LogP contribution in [0.4, 0.5) is 4.39 Å². The van der Waals surface area contributed by atoms with Crippen LogP contribution >= 0.6 is 0 Å². The number of hydrogen-bond donors (Lipinski definition) is 0. The maximum absolute atomic E-state index is 12.9. The molecule has 0 amide bonds. The molecule has 0 unspecified atom stereocenters. The minimum atomic E-state index is -0.330. The van der Waals surface area contributed by atoms with E-state index in [1.54, 1.807) is 12.1 Å². The van der Waals surface area contributed by atoms with Gasteiger partial charge in [0.2, 0.25) is 0 Å². The minimum Gasteiger partial charge on any atom is -0.236 e. The first-order valence-electron chi connectivity index (χ1n) is 3.15. The molecule has 2 rings (SSSR count). The summed E-state index contributed by atoms with van der Waals surface area (Å²) in [6, 6.07) is 4.69. The highest BCUT2D eigenvalue weighted by molar-refractivity contribution is 5.77. The van der Waals surface area contributed by atoms with Gasteiger partial charge in [-0.05, 0) is 12.1 Å². The summed E-state index contributed by atoms with van der Waals surface area (Å²) in [6.45, 7) is 0. The van der Waals surface area contributed by atoms with Gasteiger partial charge in [0, 0.05) is 0 Å². The summed E-state index contributed by atoms with van der Waals surface area (Å²) < 4.78 is 12.9. The third kappa shape index (κ3) is 0.941. The molecule has 0 aliphatic heterocycles. The molecule has 2 nitrogen and oxygen atoms in total. The first kappa shape index (κ1) is 6.22. The van der Waals surface area contributed by atoms with Crippen molar-refractivity contribution in [3.05, 3.63) is 36.5 Å². The molecule has 11 heavy (non-hydrogen) atoms. The second-order valence-electron chi connectivity index (χ2n) is 2.12. The van der Waals surface area contributed by atoms with Crippen LogP contribution in [0.25, 0.3) is 10.9 Å². The summed E-state index contributed by atoms with van der Waals surface area (Å²) in [5.74, 6) is -0.330. The number of hydrogen-bond acceptors (Lipinski definition) is 2. The molecular formula is C8H4FN2. The zero-order chi connectivity index (χ0) is 7.68. The average molecular weight is 147 g/mol. The van der Waals surface area contributed by atoms with Gasteiger partial charge in [0.1, 0.15) is 18.3 Å². The Labute approximate surface area is 62.7 Å². The molecule has 0 aliphatic carbocycles. The Morgan fingerprint density at radius 3 is 3.09 bits per heavy atom. The van der Waals surface area contributed by atoms with E-state index in [9.17, 15) is 4.39 Å².